The largest absolute Gasteiger partial charge is 0.391 e. The van der Waals surface area contributed by atoms with Crippen molar-refractivity contribution < 1.29 is 19.7 Å². The molecule has 5 nitrogen and oxygen atoms in total. The first kappa shape index (κ1) is 26.0. The van der Waals surface area contributed by atoms with Gasteiger partial charge in [-0.2, -0.15) is 0 Å². The number of ether oxygens (including phenoxy) is 1. The van der Waals surface area contributed by atoms with Crippen molar-refractivity contribution in [3.05, 3.63) is 0 Å². The lowest BCUT2D eigenvalue weighted by Crippen LogP contribution is -2.65. The van der Waals surface area contributed by atoms with Crippen LogP contribution in [0.25, 0.3) is 0 Å². The molecule has 4 saturated carbocycles. The van der Waals surface area contributed by atoms with Gasteiger partial charge in [0.2, 0.25) is 5.91 Å². The van der Waals surface area contributed by atoms with Crippen LogP contribution in [0, 0.1) is 35.0 Å². The van der Waals surface area contributed by atoms with Gasteiger partial charge in [-0.3, -0.25) is 4.79 Å². The molecular weight excluding hydrogens is 438 g/mol. The van der Waals surface area contributed by atoms with Crippen LogP contribution in [0.1, 0.15) is 111 Å². The summed E-state index contributed by atoms with van der Waals surface area (Å²) in [5.74, 6) is 3.66. The van der Waals surface area contributed by atoms with Crippen molar-refractivity contribution in [3.8, 4) is 0 Å². The fraction of sp³-hybridized carbons (Fsp3) is 0.967. The number of aliphatic hydroxyl groups is 2. The van der Waals surface area contributed by atoms with Gasteiger partial charge >= 0.3 is 0 Å². The van der Waals surface area contributed by atoms with Crippen molar-refractivity contribution in [1.29, 1.82) is 0 Å². The summed E-state index contributed by atoms with van der Waals surface area (Å²) in [6.07, 6.45) is 15.6. The average Bonchev–Trinajstić information content (AvgIpc) is 2.86. The summed E-state index contributed by atoms with van der Waals surface area (Å²) >= 11 is 0. The van der Waals surface area contributed by atoms with E-state index in [2.05, 4.69) is 18.7 Å². The Morgan fingerprint density at radius 2 is 1.71 bits per heavy atom. The molecule has 0 aromatic rings. The van der Waals surface area contributed by atoms with E-state index in [4.69, 9.17) is 4.74 Å². The van der Waals surface area contributed by atoms with Gasteiger partial charge in [0.15, 0.2) is 0 Å². The van der Waals surface area contributed by atoms with Crippen LogP contribution in [-0.4, -0.2) is 58.0 Å². The summed E-state index contributed by atoms with van der Waals surface area (Å²) in [6, 6.07) is 0. The van der Waals surface area contributed by atoms with Crippen LogP contribution in [0.5, 0.6) is 0 Å². The monoisotopic (exact) mass is 489 g/mol. The van der Waals surface area contributed by atoms with E-state index in [0.29, 0.717) is 23.2 Å². The highest BCUT2D eigenvalue weighted by molar-refractivity contribution is 5.80. The molecule has 0 aromatic carbocycles. The lowest BCUT2D eigenvalue weighted by atomic mass is 9.45. The van der Waals surface area contributed by atoms with Crippen LogP contribution < -0.4 is 0 Å². The van der Waals surface area contributed by atoms with Gasteiger partial charge in [-0.1, -0.05) is 26.2 Å². The molecule has 5 rings (SSSR count). The smallest absolute Gasteiger partial charge is 0.226 e. The Morgan fingerprint density at radius 3 is 2.46 bits per heavy atom. The summed E-state index contributed by atoms with van der Waals surface area (Å²) in [7, 11) is 0. The zero-order valence-electron chi connectivity index (χ0n) is 22.6. The fourth-order valence-electron chi connectivity index (χ4n) is 9.56. The molecule has 2 N–H and O–H groups in total. The first-order valence-corrected chi connectivity index (χ1v) is 15.0. The maximum atomic E-state index is 13.7. The first-order valence-electron chi connectivity index (χ1n) is 15.0. The molecule has 5 heteroatoms. The molecule has 1 aliphatic heterocycles. The Bertz CT molecular complexity index is 751. The van der Waals surface area contributed by atoms with Gasteiger partial charge in [-0.05, 0) is 114 Å². The zero-order valence-corrected chi connectivity index (χ0v) is 22.6. The van der Waals surface area contributed by atoms with Gasteiger partial charge in [-0.15, -0.1) is 0 Å². The van der Waals surface area contributed by atoms with Crippen LogP contribution >= 0.6 is 0 Å². The zero-order chi connectivity index (χ0) is 24.8. The number of fused-ring (bicyclic) bond motifs is 5. The maximum absolute atomic E-state index is 13.7. The van der Waals surface area contributed by atoms with E-state index >= 15 is 0 Å². The summed E-state index contributed by atoms with van der Waals surface area (Å²) in [5.41, 5.74) is 0.442. The molecule has 1 heterocycles. The van der Waals surface area contributed by atoms with Crippen molar-refractivity contribution in [2.45, 2.75) is 135 Å². The van der Waals surface area contributed by atoms with E-state index in [1.54, 1.807) is 6.92 Å². The molecule has 4 aliphatic carbocycles. The van der Waals surface area contributed by atoms with Crippen LogP contribution in [-0.2, 0) is 9.53 Å². The number of likely N-dealkylation sites (tertiary alicyclic amines) is 1. The van der Waals surface area contributed by atoms with E-state index in [1.165, 1.54) is 64.2 Å². The molecule has 1 amide bonds. The molecule has 0 radical (unpaired) electrons. The third-order valence-electron chi connectivity index (χ3n) is 11.8. The van der Waals surface area contributed by atoms with Gasteiger partial charge in [0.1, 0.15) is 6.10 Å². The molecule has 0 aromatic heterocycles. The molecule has 1 saturated heterocycles. The summed E-state index contributed by atoms with van der Waals surface area (Å²) in [6.45, 7) is 7.88. The van der Waals surface area contributed by atoms with Gasteiger partial charge in [0.25, 0.3) is 0 Å². The van der Waals surface area contributed by atoms with E-state index < -0.39 is 12.2 Å². The second-order valence-electron chi connectivity index (χ2n) is 13.6. The van der Waals surface area contributed by atoms with Gasteiger partial charge < -0.3 is 19.8 Å². The van der Waals surface area contributed by atoms with E-state index in [1.807, 2.05) is 0 Å². The number of rotatable bonds is 5. The van der Waals surface area contributed by atoms with Crippen molar-refractivity contribution in [2.75, 3.05) is 13.2 Å². The predicted octanol–water partition coefficient (Wildman–Crippen LogP) is 5.32. The van der Waals surface area contributed by atoms with Crippen molar-refractivity contribution in [1.82, 2.24) is 4.90 Å². The van der Waals surface area contributed by atoms with E-state index in [-0.39, 0.29) is 24.2 Å². The highest BCUT2D eigenvalue weighted by Crippen LogP contribution is 2.63. The van der Waals surface area contributed by atoms with Crippen LogP contribution in [0.15, 0.2) is 0 Å². The molecule has 0 bridgehead atoms. The first-order chi connectivity index (χ1) is 16.7. The number of piperidine rings is 1. The quantitative estimate of drug-likeness (QED) is 0.549. The number of amides is 1. The normalized spacial score (nSPS) is 44.0. The Kier molecular flexibility index (Phi) is 7.61. The second kappa shape index (κ2) is 10.3. The fourth-order valence-corrected chi connectivity index (χ4v) is 9.56. The third-order valence-corrected chi connectivity index (χ3v) is 11.8. The van der Waals surface area contributed by atoms with Crippen molar-refractivity contribution >= 4 is 5.91 Å². The lowest BCUT2D eigenvalue weighted by molar-refractivity contribution is -0.173. The third kappa shape index (κ3) is 4.72. The summed E-state index contributed by atoms with van der Waals surface area (Å²) < 4.78 is 6.08. The molecule has 9 atom stereocenters. The number of nitrogens with zero attached hydrogens (tertiary/aromatic N) is 1. The number of hydrogen-bond donors (Lipinski definition) is 2. The molecule has 5 fully saturated rings. The predicted molar refractivity (Wildman–Crippen MR) is 138 cm³/mol. The lowest BCUT2D eigenvalue weighted by Gasteiger charge is -2.64. The van der Waals surface area contributed by atoms with Crippen molar-refractivity contribution in [2.24, 2.45) is 35.0 Å². The number of aliphatic hydroxyl groups excluding tert-OH is 2. The SMILES string of the molecule is C[C@H](O)[C@@H](O)CO[C@H]1CCC2(C)C(CC[C@@H]3[C@@H]2CC[C@@]2(C)[C@H]3CCCN2C(=O)C2CCCCC2)C1. The molecule has 0 spiro atoms. The Morgan fingerprint density at radius 1 is 0.943 bits per heavy atom. The minimum Gasteiger partial charge on any atom is -0.391 e. The van der Waals surface area contributed by atoms with Crippen LogP contribution in [0.2, 0.25) is 0 Å². The minimum absolute atomic E-state index is 0.0641. The van der Waals surface area contributed by atoms with E-state index in [9.17, 15) is 15.0 Å². The second-order valence-corrected chi connectivity index (χ2v) is 13.6. The standard InChI is InChI=1S/C30H51NO4/c1-20(32)27(33)19-35-23-13-15-29(2)22(18-23)11-12-24-25(29)14-16-30(3)26(24)10-7-17-31(30)28(34)21-8-5-4-6-9-21/h20-27,32-33H,4-19H2,1-3H3/t20-,22?,23-,24+,25-,26-,27-,29?,30-/m0/s1. The van der Waals surface area contributed by atoms with Crippen LogP contribution in [0.3, 0.4) is 0 Å². The highest BCUT2D eigenvalue weighted by Gasteiger charge is 2.59. The number of hydrogen-bond acceptors (Lipinski definition) is 4. The topological polar surface area (TPSA) is 70.0 Å². The number of carbonyl (C=O) groups is 1. The van der Waals surface area contributed by atoms with Crippen LogP contribution in [0.4, 0.5) is 0 Å². The van der Waals surface area contributed by atoms with E-state index in [0.717, 1.165) is 44.1 Å². The molecule has 2 unspecified atom stereocenters. The Labute approximate surface area is 213 Å². The van der Waals surface area contributed by atoms with Gasteiger partial charge in [-0.25, -0.2) is 0 Å². The molecular formula is C30H51NO4. The van der Waals surface area contributed by atoms with Crippen molar-refractivity contribution in [3.63, 3.8) is 0 Å². The van der Waals surface area contributed by atoms with Gasteiger partial charge in [0, 0.05) is 18.0 Å². The Balaban J connectivity index is 1.27. The number of carbonyl (C=O) groups excluding carboxylic acids is 1. The highest BCUT2D eigenvalue weighted by atomic mass is 16.5. The summed E-state index contributed by atoms with van der Waals surface area (Å²) in [4.78, 5) is 16.1. The molecule has 35 heavy (non-hydrogen) atoms. The molecule has 200 valence electrons. The van der Waals surface area contributed by atoms with Gasteiger partial charge in [0.05, 0.1) is 18.8 Å². The Hall–Kier alpha value is -0.650. The molecule has 5 aliphatic rings. The average molecular weight is 490 g/mol. The maximum Gasteiger partial charge on any atom is 0.226 e. The minimum atomic E-state index is -0.791. The summed E-state index contributed by atoms with van der Waals surface area (Å²) in [5, 5.41) is 19.6.